The molecule has 2 rings (SSSR count). The van der Waals surface area contributed by atoms with Crippen LogP contribution in [-0.2, 0) is 6.42 Å². The Bertz CT molecular complexity index is 357. The highest BCUT2D eigenvalue weighted by Gasteiger charge is 2.15. The molecule has 1 saturated heterocycles. The molecule has 0 radical (unpaired) electrons. The van der Waals surface area contributed by atoms with E-state index in [0.29, 0.717) is 0 Å². The number of hydrogen-bond donors (Lipinski definition) is 1. The van der Waals surface area contributed by atoms with Crippen molar-refractivity contribution in [1.82, 2.24) is 0 Å². The van der Waals surface area contributed by atoms with Crippen LogP contribution in [0.1, 0.15) is 25.3 Å². The van der Waals surface area contributed by atoms with Gasteiger partial charge in [0.15, 0.2) is 0 Å². The minimum Gasteiger partial charge on any atom is -0.371 e. The Morgan fingerprint density at radius 2 is 2.06 bits per heavy atom. The smallest absolute Gasteiger partial charge is 0.0510 e. The Morgan fingerprint density at radius 1 is 1.38 bits per heavy atom. The molecule has 0 bridgehead atoms. The van der Waals surface area contributed by atoms with Gasteiger partial charge in [0.1, 0.15) is 0 Å². The molecule has 0 saturated carbocycles. The highest BCUT2D eigenvalue weighted by molar-refractivity contribution is 9.10. The molecule has 0 aromatic heterocycles. The maximum Gasteiger partial charge on any atom is 0.0510 e. The summed E-state index contributed by atoms with van der Waals surface area (Å²) in [7, 11) is 0. The molecule has 1 unspecified atom stereocenters. The summed E-state index contributed by atoms with van der Waals surface area (Å²) in [4.78, 5) is 2.44. The van der Waals surface area contributed by atoms with Crippen LogP contribution in [-0.4, -0.2) is 19.1 Å². The molecular weight excluding hydrogens is 264 g/mol. The van der Waals surface area contributed by atoms with Crippen LogP contribution < -0.4 is 10.6 Å². The first-order chi connectivity index (χ1) is 7.66. The minimum atomic E-state index is 0.226. The second-order valence-corrected chi connectivity index (χ2v) is 5.52. The minimum absolute atomic E-state index is 0.226. The van der Waals surface area contributed by atoms with Crippen LogP contribution in [0.15, 0.2) is 22.7 Å². The first-order valence-corrected chi connectivity index (χ1v) is 6.75. The lowest BCUT2D eigenvalue weighted by molar-refractivity contribution is 0.737. The monoisotopic (exact) mass is 282 g/mol. The number of hydrogen-bond acceptors (Lipinski definition) is 2. The SMILES string of the molecule is CC(N)Cc1ccc(N2CCCC2)c(Br)c1. The molecular formula is C13H19BrN2. The zero-order chi connectivity index (χ0) is 11.5. The molecule has 1 aliphatic heterocycles. The fourth-order valence-corrected chi connectivity index (χ4v) is 2.94. The maximum atomic E-state index is 5.81. The van der Waals surface area contributed by atoms with E-state index in [4.69, 9.17) is 5.73 Å². The van der Waals surface area contributed by atoms with Gasteiger partial charge in [0.25, 0.3) is 0 Å². The van der Waals surface area contributed by atoms with Crippen LogP contribution in [0.5, 0.6) is 0 Å². The Balaban J connectivity index is 2.15. The van der Waals surface area contributed by atoms with E-state index in [1.165, 1.54) is 41.7 Å². The quantitative estimate of drug-likeness (QED) is 0.924. The van der Waals surface area contributed by atoms with E-state index < -0.39 is 0 Å². The molecule has 1 fully saturated rings. The predicted molar refractivity (Wildman–Crippen MR) is 72.9 cm³/mol. The normalized spacial score (nSPS) is 17.8. The average Bonchev–Trinajstić information content (AvgIpc) is 2.69. The van der Waals surface area contributed by atoms with Crippen molar-refractivity contribution in [3.63, 3.8) is 0 Å². The van der Waals surface area contributed by atoms with Crippen LogP contribution in [0.25, 0.3) is 0 Å². The molecule has 1 aromatic carbocycles. The van der Waals surface area contributed by atoms with E-state index in [0.717, 1.165) is 6.42 Å². The number of benzene rings is 1. The number of halogens is 1. The van der Waals surface area contributed by atoms with Crippen molar-refractivity contribution in [1.29, 1.82) is 0 Å². The van der Waals surface area contributed by atoms with Gasteiger partial charge in [0.2, 0.25) is 0 Å². The lowest BCUT2D eigenvalue weighted by Crippen LogP contribution is -2.19. The summed E-state index contributed by atoms with van der Waals surface area (Å²) < 4.78 is 1.20. The van der Waals surface area contributed by atoms with Gasteiger partial charge in [0, 0.05) is 23.6 Å². The van der Waals surface area contributed by atoms with Gasteiger partial charge in [-0.25, -0.2) is 0 Å². The van der Waals surface area contributed by atoms with Gasteiger partial charge in [-0.3, -0.25) is 0 Å². The van der Waals surface area contributed by atoms with Gasteiger partial charge in [-0.05, 0) is 59.8 Å². The van der Waals surface area contributed by atoms with E-state index >= 15 is 0 Å². The summed E-state index contributed by atoms with van der Waals surface area (Å²) in [5.74, 6) is 0. The summed E-state index contributed by atoms with van der Waals surface area (Å²) in [5, 5.41) is 0. The molecule has 1 atom stereocenters. The topological polar surface area (TPSA) is 29.3 Å². The van der Waals surface area contributed by atoms with Gasteiger partial charge in [-0.15, -0.1) is 0 Å². The van der Waals surface area contributed by atoms with Crippen LogP contribution >= 0.6 is 15.9 Å². The first kappa shape index (κ1) is 11.9. The van der Waals surface area contributed by atoms with E-state index in [2.05, 4.69) is 39.0 Å². The summed E-state index contributed by atoms with van der Waals surface area (Å²) in [6.07, 6.45) is 3.57. The standard InChI is InChI=1S/C13H19BrN2/c1-10(15)8-11-4-5-13(12(14)9-11)16-6-2-3-7-16/h4-5,9-10H,2-3,6-8,15H2,1H3. The molecule has 2 N–H and O–H groups in total. The van der Waals surface area contributed by atoms with Crippen molar-refractivity contribution in [3.8, 4) is 0 Å². The van der Waals surface area contributed by atoms with Crippen molar-refractivity contribution in [3.05, 3.63) is 28.2 Å². The zero-order valence-corrected chi connectivity index (χ0v) is 11.3. The summed E-state index contributed by atoms with van der Waals surface area (Å²) in [6.45, 7) is 4.42. The average molecular weight is 283 g/mol. The molecule has 16 heavy (non-hydrogen) atoms. The summed E-state index contributed by atoms with van der Waals surface area (Å²) in [6, 6.07) is 6.84. The van der Waals surface area contributed by atoms with Crippen molar-refractivity contribution in [2.75, 3.05) is 18.0 Å². The van der Waals surface area contributed by atoms with Crippen molar-refractivity contribution in [2.24, 2.45) is 5.73 Å². The number of rotatable bonds is 3. The Labute approximate surface area is 106 Å². The van der Waals surface area contributed by atoms with Crippen LogP contribution in [0.2, 0.25) is 0 Å². The van der Waals surface area contributed by atoms with Gasteiger partial charge >= 0.3 is 0 Å². The molecule has 1 heterocycles. The number of nitrogens with zero attached hydrogens (tertiary/aromatic N) is 1. The van der Waals surface area contributed by atoms with Crippen molar-refractivity contribution < 1.29 is 0 Å². The fraction of sp³-hybridized carbons (Fsp3) is 0.538. The summed E-state index contributed by atoms with van der Waals surface area (Å²) >= 11 is 3.66. The van der Waals surface area contributed by atoms with Gasteiger partial charge in [-0.2, -0.15) is 0 Å². The first-order valence-electron chi connectivity index (χ1n) is 5.96. The van der Waals surface area contributed by atoms with Crippen LogP contribution in [0.3, 0.4) is 0 Å². The molecule has 3 heteroatoms. The van der Waals surface area contributed by atoms with Crippen molar-refractivity contribution in [2.45, 2.75) is 32.2 Å². The Morgan fingerprint density at radius 3 is 2.62 bits per heavy atom. The molecule has 88 valence electrons. The molecule has 1 aromatic rings. The van der Waals surface area contributed by atoms with Gasteiger partial charge < -0.3 is 10.6 Å². The number of nitrogens with two attached hydrogens (primary N) is 1. The predicted octanol–water partition coefficient (Wildman–Crippen LogP) is 2.94. The second kappa shape index (κ2) is 5.19. The molecule has 1 aliphatic rings. The van der Waals surface area contributed by atoms with Gasteiger partial charge in [-0.1, -0.05) is 6.07 Å². The lowest BCUT2D eigenvalue weighted by Gasteiger charge is -2.20. The third-order valence-corrected chi connectivity index (χ3v) is 3.65. The van der Waals surface area contributed by atoms with E-state index in [9.17, 15) is 0 Å². The third-order valence-electron chi connectivity index (χ3n) is 3.02. The molecule has 0 amide bonds. The van der Waals surface area contributed by atoms with E-state index in [1.807, 2.05) is 6.92 Å². The number of anilines is 1. The Hall–Kier alpha value is -0.540. The molecule has 0 spiro atoms. The largest absolute Gasteiger partial charge is 0.371 e. The third kappa shape index (κ3) is 2.77. The molecule has 2 nitrogen and oxygen atoms in total. The zero-order valence-electron chi connectivity index (χ0n) is 9.75. The van der Waals surface area contributed by atoms with E-state index in [-0.39, 0.29) is 6.04 Å². The van der Waals surface area contributed by atoms with E-state index in [1.54, 1.807) is 0 Å². The maximum absolute atomic E-state index is 5.81. The Kier molecular flexibility index (Phi) is 3.87. The van der Waals surface area contributed by atoms with Gasteiger partial charge in [0.05, 0.1) is 5.69 Å². The van der Waals surface area contributed by atoms with Crippen LogP contribution in [0.4, 0.5) is 5.69 Å². The fourth-order valence-electron chi connectivity index (χ4n) is 2.26. The highest BCUT2D eigenvalue weighted by Crippen LogP contribution is 2.30. The highest BCUT2D eigenvalue weighted by atomic mass is 79.9. The summed E-state index contributed by atoms with van der Waals surface area (Å²) in [5.41, 5.74) is 8.44. The van der Waals surface area contributed by atoms with Crippen molar-refractivity contribution >= 4 is 21.6 Å². The lowest BCUT2D eigenvalue weighted by atomic mass is 10.1. The van der Waals surface area contributed by atoms with Crippen LogP contribution in [0, 0.1) is 0 Å². The molecule has 0 aliphatic carbocycles. The second-order valence-electron chi connectivity index (χ2n) is 4.66.